The molecular formula is C9H6BrFIN. The van der Waals surface area contributed by atoms with Gasteiger partial charge in [0, 0.05) is 8.90 Å². The Morgan fingerprint density at radius 3 is 2.77 bits per heavy atom. The zero-order valence-corrected chi connectivity index (χ0v) is 10.4. The van der Waals surface area contributed by atoms with Crippen molar-refractivity contribution >= 4 is 38.5 Å². The number of rotatable bonds is 2. The highest BCUT2D eigenvalue weighted by atomic mass is 127. The molecule has 0 amide bonds. The van der Waals surface area contributed by atoms with Crippen molar-refractivity contribution in [3.05, 3.63) is 32.6 Å². The van der Waals surface area contributed by atoms with Crippen molar-refractivity contribution in [1.82, 2.24) is 0 Å². The second-order valence-electron chi connectivity index (χ2n) is 2.45. The van der Waals surface area contributed by atoms with Crippen LogP contribution < -0.4 is 0 Å². The molecule has 1 rings (SSSR count). The molecule has 0 aliphatic rings. The van der Waals surface area contributed by atoms with Crippen LogP contribution in [0.15, 0.2) is 12.1 Å². The highest BCUT2D eigenvalue weighted by molar-refractivity contribution is 14.1. The van der Waals surface area contributed by atoms with E-state index in [1.54, 1.807) is 12.1 Å². The third-order valence-corrected chi connectivity index (χ3v) is 2.94. The SMILES string of the molecule is N#Cc1c(I)ccc(CCBr)c1F. The third-order valence-electron chi connectivity index (χ3n) is 1.65. The first kappa shape index (κ1) is 10.9. The molecule has 1 nitrogen and oxygen atoms in total. The average molecular weight is 354 g/mol. The van der Waals surface area contributed by atoms with Crippen LogP contribution in [0.1, 0.15) is 11.1 Å². The minimum atomic E-state index is -0.381. The molecule has 1 aromatic carbocycles. The van der Waals surface area contributed by atoms with E-state index in [-0.39, 0.29) is 11.4 Å². The summed E-state index contributed by atoms with van der Waals surface area (Å²) in [7, 11) is 0. The van der Waals surface area contributed by atoms with Crippen molar-refractivity contribution in [2.75, 3.05) is 5.33 Å². The molecule has 0 spiro atoms. The normalized spacial score (nSPS) is 9.69. The van der Waals surface area contributed by atoms with Gasteiger partial charge in [0.2, 0.25) is 0 Å². The molecule has 0 aromatic heterocycles. The van der Waals surface area contributed by atoms with Crippen LogP contribution in [0.3, 0.4) is 0 Å². The molecule has 68 valence electrons. The number of benzene rings is 1. The molecule has 0 unspecified atom stereocenters. The minimum Gasteiger partial charge on any atom is -0.205 e. The van der Waals surface area contributed by atoms with E-state index in [1.165, 1.54) is 0 Å². The lowest BCUT2D eigenvalue weighted by molar-refractivity contribution is 0.608. The molecule has 0 atom stereocenters. The number of alkyl halides is 1. The van der Waals surface area contributed by atoms with Gasteiger partial charge in [-0.1, -0.05) is 22.0 Å². The summed E-state index contributed by atoms with van der Waals surface area (Å²) in [5, 5.41) is 9.39. The van der Waals surface area contributed by atoms with E-state index in [2.05, 4.69) is 15.9 Å². The van der Waals surface area contributed by atoms with Crippen LogP contribution in [0, 0.1) is 20.7 Å². The second kappa shape index (κ2) is 4.91. The van der Waals surface area contributed by atoms with Crippen LogP contribution >= 0.6 is 38.5 Å². The van der Waals surface area contributed by atoms with Gasteiger partial charge in [-0.25, -0.2) is 4.39 Å². The fourth-order valence-electron chi connectivity index (χ4n) is 0.993. The van der Waals surface area contributed by atoms with E-state index < -0.39 is 0 Å². The van der Waals surface area contributed by atoms with E-state index in [0.29, 0.717) is 20.9 Å². The second-order valence-corrected chi connectivity index (χ2v) is 4.40. The van der Waals surface area contributed by atoms with Crippen LogP contribution in [0.5, 0.6) is 0 Å². The average Bonchev–Trinajstić information content (AvgIpc) is 2.11. The summed E-state index contributed by atoms with van der Waals surface area (Å²) in [5.74, 6) is -0.381. The first-order valence-electron chi connectivity index (χ1n) is 3.63. The van der Waals surface area contributed by atoms with Gasteiger partial charge < -0.3 is 0 Å². The molecule has 0 aliphatic carbocycles. The Bertz CT molecular complexity index is 359. The predicted molar refractivity (Wildman–Crippen MR) is 61.3 cm³/mol. The van der Waals surface area contributed by atoms with Crippen LogP contribution in [0.25, 0.3) is 0 Å². The molecule has 0 N–H and O–H groups in total. The maximum Gasteiger partial charge on any atom is 0.145 e. The van der Waals surface area contributed by atoms with Crippen molar-refractivity contribution < 1.29 is 4.39 Å². The highest BCUT2D eigenvalue weighted by Gasteiger charge is 2.10. The Balaban J connectivity index is 3.21. The van der Waals surface area contributed by atoms with E-state index in [4.69, 9.17) is 5.26 Å². The van der Waals surface area contributed by atoms with Crippen molar-refractivity contribution in [1.29, 1.82) is 5.26 Å². The Morgan fingerprint density at radius 2 is 2.23 bits per heavy atom. The van der Waals surface area contributed by atoms with Crippen LogP contribution in [-0.2, 0) is 6.42 Å². The third kappa shape index (κ3) is 2.41. The van der Waals surface area contributed by atoms with Gasteiger partial charge in [-0.05, 0) is 40.6 Å². The first-order valence-corrected chi connectivity index (χ1v) is 5.83. The van der Waals surface area contributed by atoms with Gasteiger partial charge in [0.1, 0.15) is 17.4 Å². The number of nitrogens with zero attached hydrogens (tertiary/aromatic N) is 1. The molecule has 0 bridgehead atoms. The quantitative estimate of drug-likeness (QED) is 0.591. The highest BCUT2D eigenvalue weighted by Crippen LogP contribution is 2.19. The smallest absolute Gasteiger partial charge is 0.145 e. The Morgan fingerprint density at radius 1 is 1.54 bits per heavy atom. The molecule has 0 heterocycles. The Labute approximate surface area is 98.2 Å². The summed E-state index contributed by atoms with van der Waals surface area (Å²) < 4.78 is 14.1. The largest absolute Gasteiger partial charge is 0.205 e. The van der Waals surface area contributed by atoms with Crippen LogP contribution in [-0.4, -0.2) is 5.33 Å². The molecule has 0 fully saturated rings. The topological polar surface area (TPSA) is 23.8 Å². The fraction of sp³-hybridized carbons (Fsp3) is 0.222. The maximum absolute atomic E-state index is 13.5. The molecular weight excluding hydrogens is 348 g/mol. The summed E-state index contributed by atoms with van der Waals surface area (Å²) in [4.78, 5) is 0. The van der Waals surface area contributed by atoms with Crippen molar-refractivity contribution in [3.63, 3.8) is 0 Å². The molecule has 0 saturated carbocycles. The van der Waals surface area contributed by atoms with E-state index in [9.17, 15) is 4.39 Å². The fourth-order valence-corrected chi connectivity index (χ4v) is 1.96. The lowest BCUT2D eigenvalue weighted by Crippen LogP contribution is -1.97. The summed E-state index contributed by atoms with van der Waals surface area (Å²) in [5.41, 5.74) is 0.743. The molecule has 4 heteroatoms. The molecule has 0 radical (unpaired) electrons. The number of hydrogen-bond donors (Lipinski definition) is 0. The van der Waals surface area contributed by atoms with Crippen molar-refractivity contribution in [2.24, 2.45) is 0 Å². The standard InChI is InChI=1S/C9H6BrFIN/c10-4-3-6-1-2-8(12)7(5-13)9(6)11/h1-2H,3-4H2. The van der Waals surface area contributed by atoms with Gasteiger partial charge in [-0.3, -0.25) is 0 Å². The molecule has 0 aliphatic heterocycles. The molecule has 0 saturated heterocycles. The first-order chi connectivity index (χ1) is 6.20. The van der Waals surface area contributed by atoms with E-state index in [1.807, 2.05) is 28.7 Å². The van der Waals surface area contributed by atoms with Crippen LogP contribution in [0.2, 0.25) is 0 Å². The predicted octanol–water partition coefficient (Wildman–Crippen LogP) is 3.24. The van der Waals surface area contributed by atoms with Gasteiger partial charge >= 0.3 is 0 Å². The minimum absolute atomic E-state index is 0.152. The van der Waals surface area contributed by atoms with Gasteiger partial charge in [-0.15, -0.1) is 0 Å². The number of aryl methyl sites for hydroxylation is 1. The van der Waals surface area contributed by atoms with Gasteiger partial charge in [0.15, 0.2) is 0 Å². The number of nitriles is 1. The van der Waals surface area contributed by atoms with Gasteiger partial charge in [0.25, 0.3) is 0 Å². The van der Waals surface area contributed by atoms with Gasteiger partial charge in [-0.2, -0.15) is 5.26 Å². The molecule has 13 heavy (non-hydrogen) atoms. The summed E-state index contributed by atoms with van der Waals surface area (Å²) in [6.07, 6.45) is 0.609. The lowest BCUT2D eigenvalue weighted by Gasteiger charge is -2.03. The molecule has 1 aromatic rings. The van der Waals surface area contributed by atoms with Crippen LogP contribution in [0.4, 0.5) is 4.39 Å². The monoisotopic (exact) mass is 353 g/mol. The summed E-state index contributed by atoms with van der Waals surface area (Å²) in [6.45, 7) is 0. The lowest BCUT2D eigenvalue weighted by atomic mass is 10.1. The van der Waals surface area contributed by atoms with E-state index in [0.717, 1.165) is 0 Å². The maximum atomic E-state index is 13.5. The Hall–Kier alpha value is -0.150. The zero-order chi connectivity index (χ0) is 9.84. The zero-order valence-electron chi connectivity index (χ0n) is 6.65. The number of halogens is 3. The number of hydrogen-bond acceptors (Lipinski definition) is 1. The summed E-state index contributed by atoms with van der Waals surface area (Å²) >= 11 is 5.19. The van der Waals surface area contributed by atoms with Crippen molar-refractivity contribution in [2.45, 2.75) is 6.42 Å². The van der Waals surface area contributed by atoms with Gasteiger partial charge in [0.05, 0.1) is 0 Å². The van der Waals surface area contributed by atoms with E-state index >= 15 is 0 Å². The Kier molecular flexibility index (Phi) is 4.13. The summed E-state index contributed by atoms with van der Waals surface area (Å²) in [6, 6.07) is 5.35. The van der Waals surface area contributed by atoms with Crippen molar-refractivity contribution in [3.8, 4) is 6.07 Å².